The molecule has 2 rings (SSSR count). The van der Waals surface area contributed by atoms with Gasteiger partial charge >= 0.3 is 0 Å². The first-order chi connectivity index (χ1) is 9.54. The third kappa shape index (κ3) is 3.23. The van der Waals surface area contributed by atoms with Gasteiger partial charge < -0.3 is 10.6 Å². The van der Waals surface area contributed by atoms with Crippen LogP contribution in [0.5, 0.6) is 0 Å². The zero-order valence-electron chi connectivity index (χ0n) is 12.8. The van der Waals surface area contributed by atoms with Gasteiger partial charge in [-0.05, 0) is 51.3 Å². The van der Waals surface area contributed by atoms with Crippen LogP contribution in [0.3, 0.4) is 0 Å². The number of nitrogens with two attached hydrogens (primary N) is 1. The van der Waals surface area contributed by atoms with Crippen LogP contribution in [0.2, 0.25) is 0 Å². The van der Waals surface area contributed by atoms with Crippen molar-refractivity contribution in [2.24, 2.45) is 17.6 Å². The second-order valence-electron chi connectivity index (χ2n) is 5.96. The second-order valence-corrected chi connectivity index (χ2v) is 7.28. The van der Waals surface area contributed by atoms with Crippen LogP contribution in [0, 0.1) is 18.8 Å². The Balaban J connectivity index is 2.07. The molecule has 1 aromatic rings. The van der Waals surface area contributed by atoms with E-state index in [-0.39, 0.29) is 17.9 Å². The maximum atomic E-state index is 12.8. The average Bonchev–Trinajstić information content (AvgIpc) is 2.91. The van der Waals surface area contributed by atoms with E-state index in [1.165, 1.54) is 16.2 Å². The van der Waals surface area contributed by atoms with Gasteiger partial charge in [0.05, 0.1) is 6.04 Å². The van der Waals surface area contributed by atoms with E-state index in [1.54, 1.807) is 11.3 Å². The predicted molar refractivity (Wildman–Crippen MR) is 84.7 cm³/mol. The highest BCUT2D eigenvalue weighted by molar-refractivity contribution is 7.12. The Kier molecular flexibility index (Phi) is 5.22. The summed E-state index contributed by atoms with van der Waals surface area (Å²) >= 11 is 1.78. The van der Waals surface area contributed by atoms with E-state index in [4.69, 9.17) is 5.73 Å². The molecule has 0 aromatic carbocycles. The van der Waals surface area contributed by atoms with E-state index in [0.717, 1.165) is 19.3 Å². The van der Waals surface area contributed by atoms with Gasteiger partial charge in [-0.1, -0.05) is 12.8 Å². The molecular formula is C16H26N2OS. The molecule has 0 bridgehead atoms. The van der Waals surface area contributed by atoms with Gasteiger partial charge in [0, 0.05) is 22.7 Å². The van der Waals surface area contributed by atoms with Crippen LogP contribution in [-0.2, 0) is 4.79 Å². The molecule has 112 valence electrons. The van der Waals surface area contributed by atoms with Gasteiger partial charge in [-0.2, -0.15) is 0 Å². The van der Waals surface area contributed by atoms with Crippen molar-refractivity contribution in [2.45, 2.75) is 45.6 Å². The first kappa shape index (κ1) is 15.5. The molecule has 1 aliphatic rings. The topological polar surface area (TPSA) is 46.3 Å². The van der Waals surface area contributed by atoms with Crippen molar-refractivity contribution < 1.29 is 4.79 Å². The minimum absolute atomic E-state index is 0.127. The van der Waals surface area contributed by atoms with Crippen molar-refractivity contribution in [2.75, 3.05) is 13.6 Å². The lowest BCUT2D eigenvalue weighted by Crippen LogP contribution is -2.41. The fourth-order valence-corrected chi connectivity index (χ4v) is 4.11. The van der Waals surface area contributed by atoms with Crippen molar-refractivity contribution in [1.29, 1.82) is 0 Å². The third-order valence-electron chi connectivity index (χ3n) is 4.63. The monoisotopic (exact) mass is 294 g/mol. The van der Waals surface area contributed by atoms with Gasteiger partial charge in [0.25, 0.3) is 0 Å². The fourth-order valence-electron chi connectivity index (χ4n) is 3.14. The average molecular weight is 294 g/mol. The van der Waals surface area contributed by atoms with Crippen molar-refractivity contribution in [3.63, 3.8) is 0 Å². The largest absolute Gasteiger partial charge is 0.338 e. The van der Waals surface area contributed by atoms with Crippen molar-refractivity contribution in [3.8, 4) is 0 Å². The summed E-state index contributed by atoms with van der Waals surface area (Å²) in [7, 11) is 1.93. The van der Waals surface area contributed by atoms with Gasteiger partial charge in [-0.15, -0.1) is 11.3 Å². The van der Waals surface area contributed by atoms with E-state index in [2.05, 4.69) is 26.0 Å². The van der Waals surface area contributed by atoms with E-state index in [0.29, 0.717) is 12.5 Å². The molecule has 1 aromatic heterocycles. The van der Waals surface area contributed by atoms with Crippen LogP contribution in [0.15, 0.2) is 12.1 Å². The lowest BCUT2D eigenvalue weighted by atomic mass is 9.78. The molecule has 1 fully saturated rings. The number of carbonyl (C=O) groups excluding carboxylic acids is 1. The number of nitrogens with zero attached hydrogens (tertiary/aromatic N) is 1. The first-order valence-electron chi connectivity index (χ1n) is 7.57. The number of aryl methyl sites for hydroxylation is 1. The Bertz CT molecular complexity index is 457. The minimum atomic E-state index is 0.127. The summed E-state index contributed by atoms with van der Waals surface area (Å²) in [5.41, 5.74) is 5.85. The van der Waals surface area contributed by atoms with Crippen LogP contribution in [0.4, 0.5) is 0 Å². The fraction of sp³-hybridized carbons (Fsp3) is 0.688. The maximum absolute atomic E-state index is 12.8. The second kappa shape index (κ2) is 6.72. The summed E-state index contributed by atoms with van der Waals surface area (Å²) in [6, 6.07) is 4.41. The Hall–Kier alpha value is -0.870. The molecule has 3 nitrogen and oxygen atoms in total. The van der Waals surface area contributed by atoms with E-state index < -0.39 is 0 Å². The zero-order valence-corrected chi connectivity index (χ0v) is 13.6. The summed E-state index contributed by atoms with van der Waals surface area (Å²) in [4.78, 5) is 17.2. The molecule has 4 heteroatoms. The number of amides is 1. The summed E-state index contributed by atoms with van der Waals surface area (Å²) in [5, 5.41) is 0. The molecule has 0 radical (unpaired) electrons. The van der Waals surface area contributed by atoms with Gasteiger partial charge in [0.2, 0.25) is 5.91 Å². The summed E-state index contributed by atoms with van der Waals surface area (Å²) in [5.74, 6) is 0.775. The van der Waals surface area contributed by atoms with Crippen LogP contribution < -0.4 is 5.73 Å². The summed E-state index contributed by atoms with van der Waals surface area (Å²) < 4.78 is 0. The maximum Gasteiger partial charge on any atom is 0.226 e. The Morgan fingerprint density at radius 1 is 1.45 bits per heavy atom. The van der Waals surface area contributed by atoms with Crippen molar-refractivity contribution in [1.82, 2.24) is 4.90 Å². The molecule has 1 aliphatic carbocycles. The van der Waals surface area contributed by atoms with E-state index >= 15 is 0 Å². The number of thiophene rings is 1. The van der Waals surface area contributed by atoms with Crippen LogP contribution in [0.25, 0.3) is 0 Å². The van der Waals surface area contributed by atoms with Gasteiger partial charge in [0.15, 0.2) is 0 Å². The van der Waals surface area contributed by atoms with Crippen LogP contribution >= 0.6 is 11.3 Å². The molecule has 1 saturated carbocycles. The zero-order chi connectivity index (χ0) is 14.7. The molecule has 2 N–H and O–H groups in total. The Labute approximate surface area is 126 Å². The highest BCUT2D eigenvalue weighted by atomic mass is 32.1. The third-order valence-corrected chi connectivity index (χ3v) is 5.80. The molecule has 0 aliphatic heterocycles. The Morgan fingerprint density at radius 3 is 2.75 bits per heavy atom. The van der Waals surface area contributed by atoms with Crippen LogP contribution in [-0.4, -0.2) is 24.4 Å². The van der Waals surface area contributed by atoms with E-state index in [9.17, 15) is 4.79 Å². The number of hydrogen-bond acceptors (Lipinski definition) is 3. The smallest absolute Gasteiger partial charge is 0.226 e. The van der Waals surface area contributed by atoms with Gasteiger partial charge in [-0.3, -0.25) is 4.79 Å². The molecule has 3 atom stereocenters. The highest BCUT2D eigenvalue weighted by Gasteiger charge is 2.33. The molecule has 0 spiro atoms. The quantitative estimate of drug-likeness (QED) is 0.925. The highest BCUT2D eigenvalue weighted by Crippen LogP contribution is 2.33. The van der Waals surface area contributed by atoms with Crippen LogP contribution in [0.1, 0.15) is 48.4 Å². The number of carbonyl (C=O) groups is 1. The van der Waals surface area contributed by atoms with E-state index in [1.807, 2.05) is 11.9 Å². The lowest BCUT2D eigenvalue weighted by molar-refractivity contribution is -0.139. The molecule has 20 heavy (non-hydrogen) atoms. The van der Waals surface area contributed by atoms with Gasteiger partial charge in [0.1, 0.15) is 0 Å². The SMILES string of the molecule is Cc1ccc(C(C)N(C)C(=O)C2CCCCC2CN)s1. The summed E-state index contributed by atoms with van der Waals surface area (Å²) in [6.45, 7) is 4.86. The molecular weight excluding hydrogens is 268 g/mol. The minimum Gasteiger partial charge on any atom is -0.338 e. The molecule has 0 saturated heterocycles. The number of hydrogen-bond donors (Lipinski definition) is 1. The van der Waals surface area contributed by atoms with Crippen molar-refractivity contribution in [3.05, 3.63) is 21.9 Å². The lowest BCUT2D eigenvalue weighted by Gasteiger charge is -2.34. The number of rotatable bonds is 4. The first-order valence-corrected chi connectivity index (χ1v) is 8.39. The molecule has 1 heterocycles. The molecule has 3 unspecified atom stereocenters. The molecule has 1 amide bonds. The predicted octanol–water partition coefficient (Wildman–Crippen LogP) is 3.34. The summed E-state index contributed by atoms with van der Waals surface area (Å²) in [6.07, 6.45) is 4.48. The normalized spacial score (nSPS) is 24.4. The standard InChI is InChI=1S/C16H26N2OS/c1-11-8-9-15(20-11)12(2)18(3)16(19)14-7-5-4-6-13(14)10-17/h8-9,12-14H,4-7,10,17H2,1-3H3. The van der Waals surface area contributed by atoms with Crippen molar-refractivity contribution >= 4 is 17.2 Å². The Morgan fingerprint density at radius 2 is 2.15 bits per heavy atom. The van der Waals surface area contributed by atoms with Gasteiger partial charge in [-0.25, -0.2) is 0 Å².